The molecular weight excluding hydrogens is 333 g/mol. The zero-order chi connectivity index (χ0) is 13.0. The van der Waals surface area contributed by atoms with E-state index in [4.69, 9.17) is 5.11 Å². The topological polar surface area (TPSA) is 57.6 Å². The van der Waals surface area contributed by atoms with Crippen LogP contribution in [0.5, 0.6) is 0 Å². The van der Waals surface area contributed by atoms with E-state index in [-0.39, 0.29) is 5.91 Å². The Hall–Kier alpha value is -1.11. The maximum atomic E-state index is 11.2. The van der Waals surface area contributed by atoms with Gasteiger partial charge in [0.2, 0.25) is 5.91 Å². The Labute approximate surface area is 114 Å². The Balaban J connectivity index is 2.84. The third-order valence-electron chi connectivity index (χ3n) is 2.59. The van der Waals surface area contributed by atoms with E-state index in [0.717, 1.165) is 9.13 Å². The second kappa shape index (κ2) is 6.00. The molecule has 5 heteroatoms. The lowest BCUT2D eigenvalue weighted by atomic mass is 10.1. The number of amides is 1. The van der Waals surface area contributed by atoms with Gasteiger partial charge < -0.3 is 10.0 Å². The molecular formula is C12H14INO3. The van der Waals surface area contributed by atoms with E-state index in [0.29, 0.717) is 6.42 Å². The lowest BCUT2D eigenvalue weighted by Gasteiger charge is -2.23. The van der Waals surface area contributed by atoms with Crippen LogP contribution in [0, 0.1) is 3.57 Å². The summed E-state index contributed by atoms with van der Waals surface area (Å²) in [5.74, 6) is -1.23. The Morgan fingerprint density at radius 3 is 2.29 bits per heavy atom. The first-order chi connectivity index (χ1) is 7.91. The molecule has 0 fully saturated rings. The molecule has 0 aliphatic carbocycles. The van der Waals surface area contributed by atoms with Gasteiger partial charge in [-0.1, -0.05) is 12.1 Å². The molecule has 1 aromatic carbocycles. The molecule has 0 heterocycles. The van der Waals surface area contributed by atoms with Gasteiger partial charge in [-0.25, -0.2) is 4.79 Å². The van der Waals surface area contributed by atoms with E-state index in [1.165, 1.54) is 18.9 Å². The Morgan fingerprint density at radius 2 is 1.88 bits per heavy atom. The van der Waals surface area contributed by atoms with E-state index >= 15 is 0 Å². The summed E-state index contributed by atoms with van der Waals surface area (Å²) in [6.45, 7) is 1.36. The summed E-state index contributed by atoms with van der Waals surface area (Å²) in [5.41, 5.74) is 0.908. The summed E-state index contributed by atoms with van der Waals surface area (Å²) in [4.78, 5) is 23.6. The predicted molar refractivity (Wildman–Crippen MR) is 72.7 cm³/mol. The molecule has 0 saturated carbocycles. The molecule has 0 saturated heterocycles. The first kappa shape index (κ1) is 14.0. The van der Waals surface area contributed by atoms with Crippen molar-refractivity contribution in [3.8, 4) is 0 Å². The van der Waals surface area contributed by atoms with Crippen molar-refractivity contribution < 1.29 is 14.7 Å². The minimum Gasteiger partial charge on any atom is -0.480 e. The fourth-order valence-corrected chi connectivity index (χ4v) is 1.81. The molecule has 1 amide bonds. The quantitative estimate of drug-likeness (QED) is 0.845. The van der Waals surface area contributed by atoms with Crippen LogP contribution in [-0.4, -0.2) is 35.0 Å². The number of rotatable bonds is 4. The van der Waals surface area contributed by atoms with E-state index in [1.54, 1.807) is 0 Å². The van der Waals surface area contributed by atoms with Crippen LogP contribution in [0.4, 0.5) is 0 Å². The maximum absolute atomic E-state index is 11.2. The van der Waals surface area contributed by atoms with Crippen LogP contribution >= 0.6 is 22.6 Å². The highest BCUT2D eigenvalue weighted by atomic mass is 127. The zero-order valence-corrected chi connectivity index (χ0v) is 11.8. The van der Waals surface area contributed by atoms with Crippen molar-refractivity contribution in [1.29, 1.82) is 0 Å². The van der Waals surface area contributed by atoms with Crippen LogP contribution in [0.3, 0.4) is 0 Å². The van der Waals surface area contributed by atoms with Gasteiger partial charge in [0.15, 0.2) is 0 Å². The zero-order valence-electron chi connectivity index (χ0n) is 9.68. The first-order valence-electron chi connectivity index (χ1n) is 5.12. The molecule has 1 atom stereocenters. The fraction of sp³-hybridized carbons (Fsp3) is 0.333. The average molecular weight is 347 g/mol. The number of carboxylic acids is 1. The van der Waals surface area contributed by atoms with Crippen LogP contribution in [-0.2, 0) is 16.0 Å². The summed E-state index contributed by atoms with van der Waals surface area (Å²) in [6.07, 6.45) is 0.322. The molecule has 1 rings (SSSR count). The number of carbonyl (C=O) groups is 2. The SMILES string of the molecule is CC(=O)N(C)[C@@H](Cc1ccc(I)cc1)C(=O)O. The van der Waals surface area contributed by atoms with Crippen molar-refractivity contribution in [1.82, 2.24) is 4.90 Å². The van der Waals surface area contributed by atoms with Crippen LogP contribution in [0.2, 0.25) is 0 Å². The maximum Gasteiger partial charge on any atom is 0.326 e. The second-order valence-electron chi connectivity index (χ2n) is 3.81. The highest BCUT2D eigenvalue weighted by Crippen LogP contribution is 2.11. The van der Waals surface area contributed by atoms with Gasteiger partial charge in [0.1, 0.15) is 6.04 Å². The third kappa shape index (κ3) is 3.99. The van der Waals surface area contributed by atoms with E-state index in [9.17, 15) is 9.59 Å². The highest BCUT2D eigenvalue weighted by Gasteiger charge is 2.24. The van der Waals surface area contributed by atoms with Crippen molar-refractivity contribution >= 4 is 34.5 Å². The van der Waals surface area contributed by atoms with Gasteiger partial charge in [0.05, 0.1) is 0 Å². The van der Waals surface area contributed by atoms with E-state index in [2.05, 4.69) is 22.6 Å². The van der Waals surface area contributed by atoms with Gasteiger partial charge >= 0.3 is 5.97 Å². The number of benzene rings is 1. The van der Waals surface area contributed by atoms with Crippen LogP contribution in [0.1, 0.15) is 12.5 Å². The van der Waals surface area contributed by atoms with Gasteiger partial charge in [-0.3, -0.25) is 4.79 Å². The van der Waals surface area contributed by atoms with Crippen molar-refractivity contribution in [2.45, 2.75) is 19.4 Å². The molecule has 0 radical (unpaired) electrons. The number of carboxylic acid groups (broad SMARTS) is 1. The predicted octanol–water partition coefficient (Wildman–Crippen LogP) is 1.77. The molecule has 0 aromatic heterocycles. The van der Waals surface area contributed by atoms with Crippen molar-refractivity contribution in [2.24, 2.45) is 0 Å². The summed E-state index contributed by atoms with van der Waals surface area (Å²) < 4.78 is 1.10. The fourth-order valence-electron chi connectivity index (χ4n) is 1.45. The Kier molecular flexibility index (Phi) is 4.92. The molecule has 4 nitrogen and oxygen atoms in total. The molecule has 17 heavy (non-hydrogen) atoms. The molecule has 1 N–H and O–H groups in total. The van der Waals surface area contributed by atoms with Crippen LogP contribution in [0.25, 0.3) is 0 Å². The number of nitrogens with zero attached hydrogens (tertiary/aromatic N) is 1. The number of carbonyl (C=O) groups excluding carboxylic acids is 1. The number of aliphatic carboxylic acids is 1. The lowest BCUT2D eigenvalue weighted by molar-refractivity contribution is -0.148. The minimum absolute atomic E-state index is 0.247. The van der Waals surface area contributed by atoms with E-state index in [1.807, 2.05) is 24.3 Å². The van der Waals surface area contributed by atoms with Gasteiger partial charge in [-0.15, -0.1) is 0 Å². The van der Waals surface area contributed by atoms with Gasteiger partial charge in [0, 0.05) is 24.0 Å². The number of hydrogen-bond donors (Lipinski definition) is 1. The second-order valence-corrected chi connectivity index (χ2v) is 5.06. The molecule has 0 aliphatic rings. The van der Waals surface area contributed by atoms with Crippen molar-refractivity contribution in [2.75, 3.05) is 7.05 Å². The summed E-state index contributed by atoms with van der Waals surface area (Å²) in [7, 11) is 1.51. The normalized spacial score (nSPS) is 11.9. The van der Waals surface area contributed by atoms with Crippen molar-refractivity contribution in [3.05, 3.63) is 33.4 Å². The third-order valence-corrected chi connectivity index (χ3v) is 3.31. The number of hydrogen-bond acceptors (Lipinski definition) is 2. The van der Waals surface area contributed by atoms with Crippen molar-refractivity contribution in [3.63, 3.8) is 0 Å². The van der Waals surface area contributed by atoms with Gasteiger partial charge in [-0.05, 0) is 40.3 Å². The summed E-state index contributed by atoms with van der Waals surface area (Å²) in [6, 6.07) is 6.79. The number of likely N-dealkylation sites (N-methyl/N-ethyl adjacent to an activating group) is 1. The molecule has 0 bridgehead atoms. The Morgan fingerprint density at radius 1 is 1.35 bits per heavy atom. The smallest absolute Gasteiger partial charge is 0.326 e. The molecule has 0 spiro atoms. The van der Waals surface area contributed by atoms with Crippen LogP contribution < -0.4 is 0 Å². The molecule has 0 unspecified atom stereocenters. The minimum atomic E-state index is -0.985. The van der Waals surface area contributed by atoms with Crippen LogP contribution in [0.15, 0.2) is 24.3 Å². The van der Waals surface area contributed by atoms with Gasteiger partial charge in [-0.2, -0.15) is 0 Å². The molecule has 92 valence electrons. The lowest BCUT2D eigenvalue weighted by Crippen LogP contribution is -2.42. The van der Waals surface area contributed by atoms with E-state index < -0.39 is 12.0 Å². The molecule has 1 aromatic rings. The average Bonchev–Trinajstić information content (AvgIpc) is 2.26. The monoisotopic (exact) mass is 347 g/mol. The molecule has 0 aliphatic heterocycles. The highest BCUT2D eigenvalue weighted by molar-refractivity contribution is 14.1. The first-order valence-corrected chi connectivity index (χ1v) is 6.20. The van der Waals surface area contributed by atoms with Gasteiger partial charge in [0.25, 0.3) is 0 Å². The summed E-state index contributed by atoms with van der Waals surface area (Å²) in [5, 5.41) is 9.11. The number of halogens is 1. The standard InChI is InChI=1S/C12H14INO3/c1-8(15)14(2)11(12(16)17)7-9-3-5-10(13)6-4-9/h3-6,11H,7H2,1-2H3,(H,16,17)/t11-/m0/s1. The summed E-state index contributed by atoms with van der Waals surface area (Å²) >= 11 is 2.19. The largest absolute Gasteiger partial charge is 0.480 e. The Bertz CT molecular complexity index is 416.